The van der Waals surface area contributed by atoms with Gasteiger partial charge in [0.25, 0.3) is 10.0 Å². The van der Waals surface area contributed by atoms with E-state index in [0.29, 0.717) is 23.8 Å². The zero-order valence-electron chi connectivity index (χ0n) is 19.4. The molecule has 1 amide bonds. The van der Waals surface area contributed by atoms with Gasteiger partial charge in [-0.25, -0.2) is 8.42 Å². The molecule has 3 aromatic rings. The molecule has 0 heterocycles. The summed E-state index contributed by atoms with van der Waals surface area (Å²) in [6.07, 6.45) is 1.92. The van der Waals surface area contributed by atoms with Gasteiger partial charge in [-0.2, -0.15) is 0 Å². The predicted molar refractivity (Wildman–Crippen MR) is 135 cm³/mol. The first-order chi connectivity index (χ1) is 16.4. The van der Waals surface area contributed by atoms with Crippen LogP contribution >= 0.6 is 11.8 Å². The van der Waals surface area contributed by atoms with Crippen LogP contribution in [0.5, 0.6) is 11.5 Å². The van der Waals surface area contributed by atoms with Gasteiger partial charge in [0.2, 0.25) is 5.91 Å². The third kappa shape index (κ3) is 6.45. The lowest BCUT2D eigenvalue weighted by Crippen LogP contribution is -2.40. The van der Waals surface area contributed by atoms with Crippen LogP contribution in [0.3, 0.4) is 0 Å². The zero-order valence-corrected chi connectivity index (χ0v) is 21.0. The lowest BCUT2D eigenvalue weighted by Gasteiger charge is -2.24. The standard InChI is InChI=1S/C25H28N2O5S2/c1-4-32-21-10-8-20(9-11-21)27(34(29,30)24-14-12-23(33-3)13-15-24)18-25(28)26-17-19-6-5-7-22(16-19)31-2/h5-16H,4,17-18H2,1-3H3,(H,26,28). The first-order valence-electron chi connectivity index (χ1n) is 10.7. The van der Waals surface area contributed by atoms with Crippen LogP contribution < -0.4 is 19.1 Å². The number of thioether (sulfide) groups is 1. The van der Waals surface area contributed by atoms with E-state index in [1.807, 2.05) is 37.4 Å². The average molecular weight is 501 g/mol. The molecule has 0 spiro atoms. The van der Waals surface area contributed by atoms with Crippen LogP contribution in [0.25, 0.3) is 0 Å². The number of rotatable bonds is 11. The van der Waals surface area contributed by atoms with Gasteiger partial charge in [-0.1, -0.05) is 12.1 Å². The lowest BCUT2D eigenvalue weighted by molar-refractivity contribution is -0.119. The molecule has 9 heteroatoms. The second kappa shape index (κ2) is 11.8. The Balaban J connectivity index is 1.85. The van der Waals surface area contributed by atoms with E-state index in [4.69, 9.17) is 9.47 Å². The van der Waals surface area contributed by atoms with E-state index in [0.717, 1.165) is 14.8 Å². The molecule has 0 bridgehead atoms. The Morgan fingerprint density at radius 2 is 1.71 bits per heavy atom. The molecule has 0 aliphatic carbocycles. The first kappa shape index (κ1) is 25.5. The van der Waals surface area contributed by atoms with Gasteiger partial charge in [0.15, 0.2) is 0 Å². The molecule has 34 heavy (non-hydrogen) atoms. The fourth-order valence-corrected chi connectivity index (χ4v) is 5.06. The summed E-state index contributed by atoms with van der Waals surface area (Å²) >= 11 is 1.52. The second-order valence-electron chi connectivity index (χ2n) is 7.24. The van der Waals surface area contributed by atoms with Crippen molar-refractivity contribution in [2.75, 3.05) is 30.8 Å². The van der Waals surface area contributed by atoms with Crippen molar-refractivity contribution in [2.45, 2.75) is 23.3 Å². The minimum absolute atomic E-state index is 0.111. The molecular weight excluding hydrogens is 472 g/mol. The number of nitrogens with zero attached hydrogens (tertiary/aromatic N) is 1. The highest BCUT2D eigenvalue weighted by atomic mass is 32.2. The normalized spacial score (nSPS) is 11.0. The predicted octanol–water partition coefficient (Wildman–Crippen LogP) is 4.33. The van der Waals surface area contributed by atoms with Crippen molar-refractivity contribution in [2.24, 2.45) is 0 Å². The molecule has 0 aromatic heterocycles. The number of carbonyl (C=O) groups excluding carboxylic acids is 1. The molecule has 3 rings (SSSR count). The summed E-state index contributed by atoms with van der Waals surface area (Å²) in [5.74, 6) is 0.871. The smallest absolute Gasteiger partial charge is 0.264 e. The molecule has 0 radical (unpaired) electrons. The maximum Gasteiger partial charge on any atom is 0.264 e. The summed E-state index contributed by atoms with van der Waals surface area (Å²) < 4.78 is 38.8. The number of carbonyl (C=O) groups is 1. The Kier molecular flexibility index (Phi) is 8.84. The van der Waals surface area contributed by atoms with Gasteiger partial charge in [0.05, 0.1) is 24.3 Å². The van der Waals surface area contributed by atoms with E-state index in [2.05, 4.69) is 5.32 Å². The minimum atomic E-state index is -3.99. The molecule has 0 atom stereocenters. The van der Waals surface area contributed by atoms with E-state index >= 15 is 0 Å². The number of anilines is 1. The van der Waals surface area contributed by atoms with Crippen molar-refractivity contribution in [3.63, 3.8) is 0 Å². The molecule has 0 saturated heterocycles. The summed E-state index contributed by atoms with van der Waals surface area (Å²) in [6.45, 7) is 2.24. The number of methoxy groups -OCH3 is 1. The molecule has 0 aliphatic heterocycles. The topological polar surface area (TPSA) is 84.9 Å². The Hall–Kier alpha value is -3.17. The largest absolute Gasteiger partial charge is 0.497 e. The Morgan fingerprint density at radius 3 is 2.32 bits per heavy atom. The number of hydrogen-bond acceptors (Lipinski definition) is 6. The Morgan fingerprint density at radius 1 is 1.00 bits per heavy atom. The maximum absolute atomic E-state index is 13.5. The molecule has 0 unspecified atom stereocenters. The quantitative estimate of drug-likeness (QED) is 0.395. The minimum Gasteiger partial charge on any atom is -0.497 e. The van der Waals surface area contributed by atoms with Crippen molar-refractivity contribution in [3.8, 4) is 11.5 Å². The molecule has 0 aliphatic rings. The highest BCUT2D eigenvalue weighted by molar-refractivity contribution is 7.98. The zero-order chi connectivity index (χ0) is 24.6. The summed E-state index contributed by atoms with van der Waals surface area (Å²) in [5.41, 5.74) is 1.21. The number of hydrogen-bond donors (Lipinski definition) is 1. The third-order valence-corrected chi connectivity index (χ3v) is 7.53. The van der Waals surface area contributed by atoms with E-state index in [1.165, 1.54) is 11.8 Å². The summed E-state index contributed by atoms with van der Waals surface area (Å²) in [4.78, 5) is 13.9. The third-order valence-electron chi connectivity index (χ3n) is 4.99. The molecular formula is C25H28N2O5S2. The van der Waals surface area contributed by atoms with Crippen LogP contribution in [-0.2, 0) is 21.4 Å². The average Bonchev–Trinajstić information content (AvgIpc) is 2.87. The second-order valence-corrected chi connectivity index (χ2v) is 9.98. The molecule has 180 valence electrons. The maximum atomic E-state index is 13.5. The molecule has 1 N–H and O–H groups in total. The first-order valence-corrected chi connectivity index (χ1v) is 13.3. The van der Waals surface area contributed by atoms with Crippen LogP contribution in [0, 0.1) is 0 Å². The fraction of sp³-hybridized carbons (Fsp3) is 0.240. The summed E-state index contributed by atoms with van der Waals surface area (Å²) in [5, 5.41) is 2.80. The monoisotopic (exact) mass is 500 g/mol. The summed E-state index contributed by atoms with van der Waals surface area (Å²) in [6, 6.07) is 20.6. The van der Waals surface area contributed by atoms with Gasteiger partial charge in [0.1, 0.15) is 18.0 Å². The summed E-state index contributed by atoms with van der Waals surface area (Å²) in [7, 11) is -2.42. The number of benzene rings is 3. The number of nitrogens with one attached hydrogen (secondary N) is 1. The lowest BCUT2D eigenvalue weighted by atomic mass is 10.2. The van der Waals surface area contributed by atoms with Gasteiger partial charge in [-0.15, -0.1) is 11.8 Å². The van der Waals surface area contributed by atoms with Crippen LogP contribution in [-0.4, -0.2) is 40.8 Å². The molecule has 0 fully saturated rings. The van der Waals surface area contributed by atoms with Crippen molar-refractivity contribution in [1.82, 2.24) is 5.32 Å². The van der Waals surface area contributed by atoms with Crippen molar-refractivity contribution in [1.29, 1.82) is 0 Å². The van der Waals surface area contributed by atoms with E-state index < -0.39 is 15.9 Å². The van der Waals surface area contributed by atoms with E-state index in [1.54, 1.807) is 55.6 Å². The number of sulfonamides is 1. The van der Waals surface area contributed by atoms with Crippen molar-refractivity contribution < 1.29 is 22.7 Å². The Bertz CT molecular complexity index is 1200. The number of amides is 1. The van der Waals surface area contributed by atoms with Crippen molar-refractivity contribution >= 4 is 33.4 Å². The van der Waals surface area contributed by atoms with Crippen LogP contribution in [0.4, 0.5) is 5.69 Å². The number of ether oxygens (including phenoxy) is 2. The molecule has 7 nitrogen and oxygen atoms in total. The SMILES string of the molecule is CCOc1ccc(N(CC(=O)NCc2cccc(OC)c2)S(=O)(=O)c2ccc(SC)cc2)cc1. The van der Waals surface area contributed by atoms with Crippen LogP contribution in [0.2, 0.25) is 0 Å². The van der Waals surface area contributed by atoms with Gasteiger partial charge in [0, 0.05) is 11.4 Å². The van der Waals surface area contributed by atoms with Gasteiger partial charge < -0.3 is 14.8 Å². The molecule has 0 saturated carbocycles. The van der Waals surface area contributed by atoms with Gasteiger partial charge >= 0.3 is 0 Å². The van der Waals surface area contributed by atoms with Crippen molar-refractivity contribution in [3.05, 3.63) is 78.4 Å². The fourth-order valence-electron chi connectivity index (χ4n) is 3.23. The Labute approximate surface area is 205 Å². The van der Waals surface area contributed by atoms with E-state index in [9.17, 15) is 13.2 Å². The van der Waals surface area contributed by atoms with Gasteiger partial charge in [-0.3, -0.25) is 9.10 Å². The molecule has 3 aromatic carbocycles. The van der Waals surface area contributed by atoms with E-state index in [-0.39, 0.29) is 18.0 Å². The highest BCUT2D eigenvalue weighted by Gasteiger charge is 2.27. The van der Waals surface area contributed by atoms with Crippen LogP contribution in [0.1, 0.15) is 12.5 Å². The van der Waals surface area contributed by atoms with Gasteiger partial charge in [-0.05, 0) is 79.4 Å². The highest BCUT2D eigenvalue weighted by Crippen LogP contribution is 2.27. The van der Waals surface area contributed by atoms with Crippen LogP contribution in [0.15, 0.2) is 82.6 Å².